The van der Waals surface area contributed by atoms with E-state index in [9.17, 15) is 18.0 Å². The molecule has 1 aromatic carbocycles. The van der Waals surface area contributed by atoms with Crippen LogP contribution in [0.4, 0.5) is 13.2 Å². The summed E-state index contributed by atoms with van der Waals surface area (Å²) in [6, 6.07) is 5.34. The first-order chi connectivity index (χ1) is 10.8. The van der Waals surface area contributed by atoms with E-state index in [1.165, 1.54) is 6.07 Å². The summed E-state index contributed by atoms with van der Waals surface area (Å²) in [5, 5.41) is 6.28. The van der Waals surface area contributed by atoms with E-state index in [1.807, 2.05) is 0 Å². The van der Waals surface area contributed by atoms with Crippen LogP contribution in [0.5, 0.6) is 0 Å². The lowest BCUT2D eigenvalue weighted by molar-refractivity contribution is -0.137. The topological polar surface area (TPSA) is 41.1 Å². The molecule has 1 aliphatic heterocycles. The summed E-state index contributed by atoms with van der Waals surface area (Å²) in [6.07, 6.45) is -3.29. The lowest BCUT2D eigenvalue weighted by atomic mass is 9.93. The number of rotatable bonds is 4. The van der Waals surface area contributed by atoms with Crippen molar-refractivity contribution >= 4 is 18.3 Å². The molecule has 0 saturated carbocycles. The molecular formula is C17H24ClF3N2O. The number of halogens is 4. The molecule has 7 heteroatoms. The maximum absolute atomic E-state index is 12.8. The standard InChI is InChI=1S/C17H23F3N2O.ClH/c1-11(13-4-3-5-14(9-13)17(18,19)20)8-16(23)22-15-6-7-21-10-12(15)2;/h3-5,9,11-12,15,21H,6-8,10H2,1-2H3,(H,22,23);1H. The molecule has 1 heterocycles. The molecule has 0 radical (unpaired) electrons. The minimum atomic E-state index is -4.36. The SMILES string of the molecule is CC(CC(=O)NC1CCNCC1C)c1cccc(C(F)(F)F)c1.Cl. The zero-order valence-electron chi connectivity index (χ0n) is 13.8. The number of hydrogen-bond acceptors (Lipinski definition) is 2. The van der Waals surface area contributed by atoms with Crippen molar-refractivity contribution in [3.8, 4) is 0 Å². The minimum absolute atomic E-state index is 0. The fourth-order valence-corrected chi connectivity index (χ4v) is 2.91. The summed E-state index contributed by atoms with van der Waals surface area (Å²) in [5.74, 6) is -0.000420. The molecule has 3 unspecified atom stereocenters. The minimum Gasteiger partial charge on any atom is -0.353 e. The van der Waals surface area contributed by atoms with E-state index in [-0.39, 0.29) is 36.7 Å². The van der Waals surface area contributed by atoms with E-state index >= 15 is 0 Å². The van der Waals surface area contributed by atoms with Gasteiger partial charge in [0.2, 0.25) is 5.91 Å². The van der Waals surface area contributed by atoms with Crippen molar-refractivity contribution in [1.29, 1.82) is 0 Å². The van der Waals surface area contributed by atoms with Crippen molar-refractivity contribution in [3.05, 3.63) is 35.4 Å². The van der Waals surface area contributed by atoms with E-state index in [0.29, 0.717) is 11.5 Å². The second-order valence-electron chi connectivity index (χ2n) is 6.37. The number of hydrogen-bond donors (Lipinski definition) is 2. The number of carbonyl (C=O) groups excluding carboxylic acids is 1. The Kier molecular flexibility index (Phi) is 7.55. The van der Waals surface area contributed by atoms with Gasteiger partial charge in [-0.15, -0.1) is 12.4 Å². The van der Waals surface area contributed by atoms with Crippen molar-refractivity contribution in [3.63, 3.8) is 0 Å². The zero-order valence-corrected chi connectivity index (χ0v) is 14.6. The second-order valence-corrected chi connectivity index (χ2v) is 6.37. The summed E-state index contributed by atoms with van der Waals surface area (Å²) in [7, 11) is 0. The summed E-state index contributed by atoms with van der Waals surface area (Å²) >= 11 is 0. The number of nitrogens with one attached hydrogen (secondary N) is 2. The van der Waals surface area contributed by atoms with Crippen LogP contribution in [0.3, 0.4) is 0 Å². The molecule has 0 bridgehead atoms. The predicted octanol–water partition coefficient (Wildman–Crippen LogP) is 3.74. The monoisotopic (exact) mass is 364 g/mol. The molecule has 3 atom stereocenters. The second kappa shape index (κ2) is 8.72. The van der Waals surface area contributed by atoms with Gasteiger partial charge in [0.25, 0.3) is 0 Å². The van der Waals surface area contributed by atoms with Gasteiger partial charge in [-0.3, -0.25) is 4.79 Å². The summed E-state index contributed by atoms with van der Waals surface area (Å²) in [6.45, 7) is 5.60. The van der Waals surface area contributed by atoms with Crippen LogP contribution < -0.4 is 10.6 Å². The summed E-state index contributed by atoms with van der Waals surface area (Å²) in [4.78, 5) is 12.2. The van der Waals surface area contributed by atoms with Crippen molar-refractivity contribution in [2.75, 3.05) is 13.1 Å². The van der Waals surface area contributed by atoms with Crippen LogP contribution >= 0.6 is 12.4 Å². The number of piperidine rings is 1. The van der Waals surface area contributed by atoms with Gasteiger partial charge in [0, 0.05) is 12.5 Å². The molecule has 3 nitrogen and oxygen atoms in total. The molecule has 2 N–H and O–H groups in total. The van der Waals surface area contributed by atoms with Crippen LogP contribution in [0.2, 0.25) is 0 Å². The Morgan fingerprint density at radius 3 is 2.75 bits per heavy atom. The lowest BCUT2D eigenvalue weighted by Gasteiger charge is -2.30. The smallest absolute Gasteiger partial charge is 0.353 e. The number of alkyl halides is 3. The highest BCUT2D eigenvalue weighted by molar-refractivity contribution is 5.85. The van der Waals surface area contributed by atoms with Gasteiger partial charge in [0.1, 0.15) is 0 Å². The molecular weight excluding hydrogens is 341 g/mol. The van der Waals surface area contributed by atoms with E-state index < -0.39 is 11.7 Å². The van der Waals surface area contributed by atoms with Crippen molar-refractivity contribution in [2.24, 2.45) is 5.92 Å². The van der Waals surface area contributed by atoms with Crippen LogP contribution in [-0.2, 0) is 11.0 Å². The Morgan fingerprint density at radius 2 is 2.12 bits per heavy atom. The zero-order chi connectivity index (χ0) is 17.0. The van der Waals surface area contributed by atoms with E-state index in [2.05, 4.69) is 17.6 Å². The van der Waals surface area contributed by atoms with Crippen molar-refractivity contribution in [2.45, 2.75) is 44.8 Å². The highest BCUT2D eigenvalue weighted by atomic mass is 35.5. The molecule has 0 spiro atoms. The van der Waals surface area contributed by atoms with Gasteiger partial charge in [-0.1, -0.05) is 32.0 Å². The predicted molar refractivity (Wildman–Crippen MR) is 90.3 cm³/mol. The van der Waals surface area contributed by atoms with E-state index in [1.54, 1.807) is 13.0 Å². The van der Waals surface area contributed by atoms with Crippen molar-refractivity contribution < 1.29 is 18.0 Å². The molecule has 136 valence electrons. The molecule has 1 fully saturated rings. The van der Waals surface area contributed by atoms with Crippen LogP contribution in [0.25, 0.3) is 0 Å². The molecule has 24 heavy (non-hydrogen) atoms. The van der Waals surface area contributed by atoms with Gasteiger partial charge in [-0.25, -0.2) is 0 Å². The normalized spacial score (nSPS) is 22.4. The summed E-state index contributed by atoms with van der Waals surface area (Å²) < 4.78 is 38.3. The quantitative estimate of drug-likeness (QED) is 0.854. The Labute approximate surface area is 146 Å². The first kappa shape index (κ1) is 20.8. The lowest BCUT2D eigenvalue weighted by Crippen LogP contribution is -2.48. The van der Waals surface area contributed by atoms with Gasteiger partial charge in [0.05, 0.1) is 5.56 Å². The number of amides is 1. The van der Waals surface area contributed by atoms with Gasteiger partial charge in [-0.05, 0) is 43.0 Å². The Bertz CT molecular complexity index is 551. The van der Waals surface area contributed by atoms with Crippen molar-refractivity contribution in [1.82, 2.24) is 10.6 Å². The highest BCUT2D eigenvalue weighted by Gasteiger charge is 2.31. The number of carbonyl (C=O) groups is 1. The maximum atomic E-state index is 12.8. The Hall–Kier alpha value is -1.27. The third-order valence-corrected chi connectivity index (χ3v) is 4.41. The number of benzene rings is 1. The average molecular weight is 365 g/mol. The van der Waals surface area contributed by atoms with Gasteiger partial charge < -0.3 is 10.6 Å². The molecule has 2 rings (SSSR count). The van der Waals surface area contributed by atoms with Crippen LogP contribution in [0, 0.1) is 5.92 Å². The first-order valence-corrected chi connectivity index (χ1v) is 7.94. The molecule has 0 aromatic heterocycles. The average Bonchev–Trinajstić information content (AvgIpc) is 2.49. The molecule has 1 aliphatic rings. The third kappa shape index (κ3) is 5.67. The summed E-state index contributed by atoms with van der Waals surface area (Å²) in [5.41, 5.74) is -0.137. The third-order valence-electron chi connectivity index (χ3n) is 4.41. The molecule has 1 saturated heterocycles. The molecule has 0 aliphatic carbocycles. The fraction of sp³-hybridized carbons (Fsp3) is 0.588. The largest absolute Gasteiger partial charge is 0.416 e. The van der Waals surface area contributed by atoms with Crippen LogP contribution in [0.1, 0.15) is 43.7 Å². The fourth-order valence-electron chi connectivity index (χ4n) is 2.91. The Morgan fingerprint density at radius 1 is 1.42 bits per heavy atom. The van der Waals surface area contributed by atoms with Gasteiger partial charge >= 0.3 is 6.18 Å². The molecule has 1 amide bonds. The Balaban J connectivity index is 0.00000288. The highest BCUT2D eigenvalue weighted by Crippen LogP contribution is 2.31. The van der Waals surface area contributed by atoms with Crippen LogP contribution in [0.15, 0.2) is 24.3 Å². The van der Waals surface area contributed by atoms with E-state index in [0.717, 1.165) is 31.6 Å². The van der Waals surface area contributed by atoms with Gasteiger partial charge in [0.15, 0.2) is 0 Å². The van der Waals surface area contributed by atoms with E-state index in [4.69, 9.17) is 0 Å². The van der Waals surface area contributed by atoms with Gasteiger partial charge in [-0.2, -0.15) is 13.2 Å². The maximum Gasteiger partial charge on any atom is 0.416 e. The molecule has 1 aromatic rings. The van der Waals surface area contributed by atoms with Crippen LogP contribution in [-0.4, -0.2) is 25.0 Å². The first-order valence-electron chi connectivity index (χ1n) is 7.94.